The number of benzene rings is 3. The number of aromatic nitrogens is 1. The van der Waals surface area contributed by atoms with Crippen molar-refractivity contribution in [1.29, 1.82) is 5.26 Å². The third kappa shape index (κ3) is 8.84. The highest BCUT2D eigenvalue weighted by Gasteiger charge is 2.14. The highest BCUT2D eigenvalue weighted by molar-refractivity contribution is 6.53. The lowest BCUT2D eigenvalue weighted by atomic mass is 9.62. The Kier molecular flexibility index (Phi) is 12.7. The Morgan fingerprint density at radius 1 is 0.841 bits per heavy atom. The molecule has 0 aliphatic carbocycles. The van der Waals surface area contributed by atoms with Gasteiger partial charge in [0.25, 0.3) is 0 Å². The highest BCUT2D eigenvalue weighted by Crippen LogP contribution is 2.35. The SMILES string of the molecule is CCc1cc(CC)c(CCc2cccc(-c3cccc(CCCCNC(C)C)c3Cl)c2C)cc1[B]Cc1cncc(C#N)c1. The Balaban J connectivity index is 1.51. The van der Waals surface area contributed by atoms with Gasteiger partial charge in [0.15, 0.2) is 7.28 Å². The average Bonchev–Trinajstić information content (AvgIpc) is 3.03. The number of halogens is 1. The molecule has 0 amide bonds. The van der Waals surface area contributed by atoms with Gasteiger partial charge < -0.3 is 5.32 Å². The van der Waals surface area contributed by atoms with Gasteiger partial charge in [-0.2, -0.15) is 5.26 Å². The fourth-order valence-electron chi connectivity index (χ4n) is 6.03. The molecule has 4 rings (SSSR count). The first-order chi connectivity index (χ1) is 21.3. The monoisotopic (exact) mass is 602 g/mol. The molecule has 3 aromatic carbocycles. The number of hydrogen-bond donors (Lipinski definition) is 1. The van der Waals surface area contributed by atoms with Crippen molar-refractivity contribution in [2.75, 3.05) is 6.54 Å². The van der Waals surface area contributed by atoms with Crippen LogP contribution in [0.1, 0.15) is 85.0 Å². The molecule has 1 radical (unpaired) electrons. The Hall–Kier alpha value is -3.39. The molecule has 4 aromatic rings. The summed E-state index contributed by atoms with van der Waals surface area (Å²) in [7, 11) is 2.29. The molecule has 0 bridgehead atoms. The van der Waals surface area contributed by atoms with E-state index in [9.17, 15) is 5.26 Å². The van der Waals surface area contributed by atoms with Gasteiger partial charge >= 0.3 is 0 Å². The van der Waals surface area contributed by atoms with Gasteiger partial charge in [-0.25, -0.2) is 0 Å². The van der Waals surface area contributed by atoms with E-state index in [4.69, 9.17) is 11.6 Å². The summed E-state index contributed by atoms with van der Waals surface area (Å²) in [5.41, 5.74) is 13.5. The predicted molar refractivity (Wildman–Crippen MR) is 188 cm³/mol. The number of nitrogens with one attached hydrogen (secondary N) is 1. The minimum Gasteiger partial charge on any atom is -0.315 e. The van der Waals surface area contributed by atoms with Gasteiger partial charge in [0.1, 0.15) is 6.07 Å². The zero-order chi connectivity index (χ0) is 31.5. The van der Waals surface area contributed by atoms with Crippen LogP contribution < -0.4 is 10.8 Å². The molecule has 0 atom stereocenters. The predicted octanol–water partition coefficient (Wildman–Crippen LogP) is 8.34. The van der Waals surface area contributed by atoms with Crippen molar-refractivity contribution in [2.45, 2.75) is 91.9 Å². The smallest absolute Gasteiger partial charge is 0.156 e. The topological polar surface area (TPSA) is 48.7 Å². The third-order valence-corrected chi connectivity index (χ3v) is 9.06. The van der Waals surface area contributed by atoms with Gasteiger partial charge in [0.05, 0.1) is 10.6 Å². The lowest BCUT2D eigenvalue weighted by Crippen LogP contribution is -2.23. The van der Waals surface area contributed by atoms with Crippen molar-refractivity contribution in [3.63, 3.8) is 0 Å². The summed E-state index contributed by atoms with van der Waals surface area (Å²) >= 11 is 7.04. The molecule has 1 N–H and O–H groups in total. The summed E-state index contributed by atoms with van der Waals surface area (Å²) in [5, 5.41) is 13.7. The minimum absolute atomic E-state index is 0.527. The van der Waals surface area contributed by atoms with Crippen molar-refractivity contribution >= 4 is 24.3 Å². The fourth-order valence-corrected chi connectivity index (χ4v) is 6.36. The summed E-state index contributed by atoms with van der Waals surface area (Å²) in [4.78, 5) is 4.24. The molecular weight excluding hydrogens is 557 g/mol. The van der Waals surface area contributed by atoms with Crippen LogP contribution in [0.25, 0.3) is 11.1 Å². The standard InChI is InChI=1S/C39H46BClN3/c1-6-31-21-32(7-2)38(40-23-29-20-30(24-42)26-43-25-29)22-35(31)18-17-33-13-10-15-36(28(33)5)37-16-11-14-34(39(37)41)12-8-9-19-44-27(3)4/h10-11,13-16,20-22,25-27,44H,6-9,12,17-19,23H2,1-5H3. The molecular formula is C39H46BClN3. The Morgan fingerprint density at radius 2 is 1.57 bits per heavy atom. The molecule has 1 aromatic heterocycles. The van der Waals surface area contributed by atoms with E-state index in [1.807, 2.05) is 12.3 Å². The first-order valence-corrected chi connectivity index (χ1v) is 16.6. The second-order valence-electron chi connectivity index (χ2n) is 12.1. The molecule has 44 heavy (non-hydrogen) atoms. The van der Waals surface area contributed by atoms with E-state index in [-0.39, 0.29) is 0 Å². The van der Waals surface area contributed by atoms with E-state index in [0.717, 1.165) is 74.0 Å². The van der Waals surface area contributed by atoms with Crippen LogP contribution in [0.15, 0.2) is 67.0 Å². The highest BCUT2D eigenvalue weighted by atomic mass is 35.5. The second-order valence-corrected chi connectivity index (χ2v) is 12.4. The Labute approximate surface area is 271 Å². The first kappa shape index (κ1) is 33.5. The zero-order valence-electron chi connectivity index (χ0n) is 27.1. The summed E-state index contributed by atoms with van der Waals surface area (Å²) in [5.74, 6) is 0. The summed E-state index contributed by atoms with van der Waals surface area (Å²) in [6, 6.07) is 22.6. The van der Waals surface area contributed by atoms with Crippen LogP contribution in [0.3, 0.4) is 0 Å². The molecule has 0 spiro atoms. The summed E-state index contributed by atoms with van der Waals surface area (Å²) < 4.78 is 0. The maximum Gasteiger partial charge on any atom is 0.156 e. The van der Waals surface area contributed by atoms with E-state index in [1.54, 1.807) is 6.20 Å². The van der Waals surface area contributed by atoms with Crippen LogP contribution in [0, 0.1) is 18.3 Å². The van der Waals surface area contributed by atoms with Gasteiger partial charge in [0, 0.05) is 24.0 Å². The first-order valence-electron chi connectivity index (χ1n) is 16.3. The maximum atomic E-state index is 9.26. The number of hydrogen-bond acceptors (Lipinski definition) is 3. The third-order valence-electron chi connectivity index (χ3n) is 8.61. The zero-order valence-corrected chi connectivity index (χ0v) is 27.9. The van der Waals surface area contributed by atoms with Crippen molar-refractivity contribution in [3.8, 4) is 17.2 Å². The second kappa shape index (κ2) is 16.6. The Morgan fingerprint density at radius 3 is 2.30 bits per heavy atom. The number of rotatable bonds is 15. The number of nitrogens with zero attached hydrogens (tertiary/aromatic N) is 2. The van der Waals surface area contributed by atoms with Crippen molar-refractivity contribution in [1.82, 2.24) is 10.3 Å². The molecule has 1 heterocycles. The van der Waals surface area contributed by atoms with Gasteiger partial charge in [0.2, 0.25) is 0 Å². The maximum absolute atomic E-state index is 9.26. The molecule has 0 fully saturated rings. The quantitative estimate of drug-likeness (QED) is 0.110. The number of aryl methyl sites for hydroxylation is 5. The van der Waals surface area contributed by atoms with Crippen molar-refractivity contribution in [3.05, 3.63) is 117 Å². The van der Waals surface area contributed by atoms with Crippen LogP contribution in [0.2, 0.25) is 5.02 Å². The molecule has 227 valence electrons. The van der Waals surface area contributed by atoms with Gasteiger partial charge in [-0.15, -0.1) is 0 Å². The van der Waals surface area contributed by atoms with E-state index >= 15 is 0 Å². The van der Waals surface area contributed by atoms with E-state index in [1.165, 1.54) is 44.4 Å². The minimum atomic E-state index is 0.527. The van der Waals surface area contributed by atoms with Gasteiger partial charge in [-0.1, -0.05) is 98.9 Å². The van der Waals surface area contributed by atoms with Crippen LogP contribution in [-0.4, -0.2) is 24.9 Å². The van der Waals surface area contributed by atoms with Crippen molar-refractivity contribution < 1.29 is 0 Å². The fraction of sp³-hybridized carbons (Fsp3) is 0.385. The number of nitriles is 1. The van der Waals surface area contributed by atoms with E-state index in [2.05, 4.69) is 107 Å². The summed E-state index contributed by atoms with van der Waals surface area (Å²) in [6.45, 7) is 12.1. The molecule has 0 aliphatic heterocycles. The van der Waals surface area contributed by atoms with Crippen LogP contribution in [-0.2, 0) is 38.4 Å². The van der Waals surface area contributed by atoms with Crippen molar-refractivity contribution in [2.24, 2.45) is 0 Å². The molecule has 0 unspecified atom stereocenters. The number of pyridine rings is 1. The normalized spacial score (nSPS) is 11.1. The van der Waals surface area contributed by atoms with E-state index < -0.39 is 0 Å². The summed E-state index contributed by atoms with van der Waals surface area (Å²) in [6.07, 6.45) is 11.5. The molecule has 0 saturated heterocycles. The lowest BCUT2D eigenvalue weighted by molar-refractivity contribution is 0.557. The van der Waals surface area contributed by atoms with E-state index in [0.29, 0.717) is 11.6 Å². The molecule has 5 heteroatoms. The van der Waals surface area contributed by atoms with Gasteiger partial charge in [-0.3, -0.25) is 4.98 Å². The van der Waals surface area contributed by atoms with Gasteiger partial charge in [-0.05, 0) is 110 Å². The van der Waals surface area contributed by atoms with Crippen LogP contribution >= 0.6 is 11.6 Å². The molecule has 0 saturated carbocycles. The molecule has 0 aliphatic rings. The Bertz CT molecular complexity index is 1590. The number of unbranched alkanes of at least 4 members (excludes halogenated alkanes) is 1. The molecule has 3 nitrogen and oxygen atoms in total. The largest absolute Gasteiger partial charge is 0.315 e. The average molecular weight is 603 g/mol. The van der Waals surface area contributed by atoms with Crippen LogP contribution in [0.5, 0.6) is 0 Å². The van der Waals surface area contributed by atoms with Crippen LogP contribution in [0.4, 0.5) is 0 Å². The lowest BCUT2D eigenvalue weighted by Gasteiger charge is -2.17.